The number of fused-ring (bicyclic) bond motifs is 5. The van der Waals surface area contributed by atoms with Gasteiger partial charge in [0, 0.05) is 28.8 Å². The van der Waals surface area contributed by atoms with Crippen LogP contribution in [0.1, 0.15) is 47.2 Å². The van der Waals surface area contributed by atoms with E-state index >= 15 is 4.79 Å². The van der Waals surface area contributed by atoms with Gasteiger partial charge in [-0.05, 0) is 97.7 Å². The van der Waals surface area contributed by atoms with Crippen molar-refractivity contribution in [1.82, 2.24) is 9.78 Å². The van der Waals surface area contributed by atoms with Crippen LogP contribution >= 0.6 is 22.9 Å². The first-order valence-corrected chi connectivity index (χ1v) is 18.8. The molecule has 11 nitrogen and oxygen atoms in total. The summed E-state index contributed by atoms with van der Waals surface area (Å²) in [7, 11) is 1.69. The van der Waals surface area contributed by atoms with E-state index in [-0.39, 0.29) is 29.8 Å². The van der Waals surface area contributed by atoms with Gasteiger partial charge in [0.2, 0.25) is 23.6 Å². The van der Waals surface area contributed by atoms with Gasteiger partial charge in [-0.25, -0.2) is 9.69 Å². The third-order valence-corrected chi connectivity index (χ3v) is 13.6. The summed E-state index contributed by atoms with van der Waals surface area (Å²) in [4.78, 5) is 73.1. The minimum absolute atomic E-state index is 0.00874. The lowest BCUT2D eigenvalue weighted by Crippen LogP contribution is -2.48. The third kappa shape index (κ3) is 4.72. The third-order valence-electron chi connectivity index (χ3n) is 12.0. The Morgan fingerprint density at radius 3 is 2.48 bits per heavy atom. The highest BCUT2D eigenvalue weighted by Crippen LogP contribution is 2.64. The summed E-state index contributed by atoms with van der Waals surface area (Å²) < 4.78 is 2.57. The molecule has 2 saturated heterocycles. The number of carboxylic acids is 1. The molecule has 0 radical (unpaired) electrons. The maximum atomic E-state index is 15.0. The Labute approximate surface area is 318 Å². The summed E-state index contributed by atoms with van der Waals surface area (Å²) in [5.74, 6) is -6.33. The monoisotopic (exact) mass is 760 g/mol. The first-order chi connectivity index (χ1) is 25.8. The number of hydrogen-bond acceptors (Lipinski definition) is 8. The number of hydrogen-bond donors (Lipinski definition) is 2. The number of thiophene rings is 1. The highest BCUT2D eigenvalue weighted by molar-refractivity contribution is 7.22. The quantitative estimate of drug-likeness (QED) is 0.142. The molecule has 272 valence electrons. The number of carbonyl (C=O) groups excluding carboxylic acids is 4. The van der Waals surface area contributed by atoms with E-state index in [4.69, 9.17) is 16.7 Å². The van der Waals surface area contributed by atoms with Gasteiger partial charge in [0.25, 0.3) is 0 Å². The van der Waals surface area contributed by atoms with Gasteiger partial charge in [0.15, 0.2) is 0 Å². The van der Waals surface area contributed by atoms with Gasteiger partial charge < -0.3 is 10.2 Å². The Morgan fingerprint density at radius 2 is 1.72 bits per heavy atom. The number of amides is 4. The van der Waals surface area contributed by atoms with E-state index in [2.05, 4.69) is 0 Å². The van der Waals surface area contributed by atoms with Crippen molar-refractivity contribution in [3.05, 3.63) is 106 Å². The van der Waals surface area contributed by atoms with E-state index in [9.17, 15) is 29.4 Å². The summed E-state index contributed by atoms with van der Waals surface area (Å²) >= 11 is 7.85. The fourth-order valence-electron chi connectivity index (χ4n) is 9.57. The van der Waals surface area contributed by atoms with E-state index in [1.807, 2.05) is 37.3 Å². The van der Waals surface area contributed by atoms with Crippen molar-refractivity contribution >= 4 is 74.1 Å². The molecule has 4 aliphatic rings. The molecule has 4 amide bonds. The molecular weight excluding hydrogens is 728 g/mol. The zero-order valence-electron chi connectivity index (χ0n) is 29.3. The second kappa shape index (κ2) is 12.0. The van der Waals surface area contributed by atoms with Crippen LogP contribution in [0.2, 0.25) is 5.02 Å². The predicted molar refractivity (Wildman–Crippen MR) is 202 cm³/mol. The summed E-state index contributed by atoms with van der Waals surface area (Å²) in [6.45, 7) is 3.78. The minimum Gasteiger partial charge on any atom is -0.508 e. The zero-order chi connectivity index (χ0) is 38.0. The SMILES string of the molecule is Cc1c(-c2cc(N3C(=O)C4CC5C(=CCC6C(=O)N(c7cccc(C(=O)O)c7)C(=O)C65)C(c5cccc(O)c5)C4(C)C3=O)n(C)n2)sc2ccc(Cl)cc12. The second-order valence-electron chi connectivity index (χ2n) is 14.8. The maximum Gasteiger partial charge on any atom is 0.335 e. The van der Waals surface area contributed by atoms with Crippen molar-refractivity contribution in [3.63, 3.8) is 0 Å². The van der Waals surface area contributed by atoms with Gasteiger partial charge in [0.05, 0.1) is 39.3 Å². The molecule has 6 unspecified atom stereocenters. The van der Waals surface area contributed by atoms with Crippen LogP contribution in [0.15, 0.2) is 84.4 Å². The van der Waals surface area contributed by atoms with Crippen molar-refractivity contribution in [2.24, 2.45) is 36.1 Å². The normalized spacial score (nSPS) is 26.3. The topological polar surface area (TPSA) is 150 Å². The van der Waals surface area contributed by atoms with Crippen LogP contribution in [0, 0.1) is 36.0 Å². The first-order valence-electron chi connectivity index (χ1n) is 17.6. The summed E-state index contributed by atoms with van der Waals surface area (Å²) in [5.41, 5.74) is 1.79. The van der Waals surface area contributed by atoms with Crippen LogP contribution in [0.5, 0.6) is 5.75 Å². The number of anilines is 2. The Hall–Kier alpha value is -5.59. The molecule has 54 heavy (non-hydrogen) atoms. The van der Waals surface area contributed by atoms with Crippen LogP contribution < -0.4 is 9.80 Å². The highest BCUT2D eigenvalue weighted by Gasteiger charge is 2.68. The van der Waals surface area contributed by atoms with Crippen molar-refractivity contribution in [2.45, 2.75) is 32.6 Å². The highest BCUT2D eigenvalue weighted by atomic mass is 35.5. The van der Waals surface area contributed by atoms with Crippen molar-refractivity contribution in [2.75, 3.05) is 9.80 Å². The molecule has 3 fully saturated rings. The van der Waals surface area contributed by atoms with Gasteiger partial charge >= 0.3 is 5.97 Å². The molecule has 3 aromatic carbocycles. The Bertz CT molecular complexity index is 2560. The van der Waals surface area contributed by atoms with Gasteiger partial charge in [-0.3, -0.25) is 28.8 Å². The molecule has 2 aliphatic carbocycles. The van der Waals surface area contributed by atoms with Crippen LogP contribution in [0.3, 0.4) is 0 Å². The average molecular weight is 761 g/mol. The fourth-order valence-corrected chi connectivity index (χ4v) is 10.9. The molecule has 9 rings (SSSR count). The molecule has 6 atom stereocenters. The van der Waals surface area contributed by atoms with Gasteiger partial charge in [-0.2, -0.15) is 5.10 Å². The number of imide groups is 2. The van der Waals surface area contributed by atoms with Gasteiger partial charge in [-0.15, -0.1) is 11.3 Å². The summed E-state index contributed by atoms with van der Waals surface area (Å²) in [5, 5.41) is 26.6. The lowest BCUT2D eigenvalue weighted by atomic mass is 9.51. The molecule has 13 heteroatoms. The van der Waals surface area contributed by atoms with Crippen LogP contribution in [-0.4, -0.2) is 49.6 Å². The van der Waals surface area contributed by atoms with Crippen molar-refractivity contribution < 1.29 is 34.2 Å². The molecule has 2 aromatic heterocycles. The Morgan fingerprint density at radius 1 is 0.944 bits per heavy atom. The fraction of sp³-hybridized carbons (Fsp3) is 0.268. The maximum absolute atomic E-state index is 15.0. The van der Waals surface area contributed by atoms with Crippen molar-refractivity contribution in [1.29, 1.82) is 0 Å². The van der Waals surface area contributed by atoms with Crippen molar-refractivity contribution in [3.8, 4) is 16.3 Å². The standard InChI is InChI=1S/C41H33ClN4O7S/c1-19-27-16-22(42)10-13-31(27)54-35(19)30-18-32(44(3)43-30)46-37(49)29-17-28-25(34(41(29,2)40(46)53)20-6-5-9-24(47)15-20)11-12-26-33(28)38(50)45(36(26)48)23-8-4-7-21(14-23)39(51)52/h4-11,13-16,18,26,28-29,33-34,47H,12,17H2,1-3H3,(H,51,52). The van der Waals surface area contributed by atoms with E-state index in [1.54, 1.807) is 43.5 Å². The molecular formula is C41H33ClN4O7S. The lowest BCUT2D eigenvalue weighted by Gasteiger charge is -2.49. The second-order valence-corrected chi connectivity index (χ2v) is 16.3. The number of halogens is 1. The zero-order valence-corrected chi connectivity index (χ0v) is 30.9. The number of phenols is 1. The van der Waals surface area contributed by atoms with E-state index < -0.39 is 64.6 Å². The minimum atomic E-state index is -1.31. The molecule has 1 saturated carbocycles. The summed E-state index contributed by atoms with van der Waals surface area (Å²) in [6, 6.07) is 19.8. The Kier molecular flexibility index (Phi) is 7.57. The largest absolute Gasteiger partial charge is 0.508 e. The van der Waals surface area contributed by atoms with E-state index in [1.165, 1.54) is 39.9 Å². The summed E-state index contributed by atoms with van der Waals surface area (Å²) in [6.07, 6.45) is 2.30. The molecule has 5 aromatic rings. The van der Waals surface area contributed by atoms with Crippen LogP contribution in [0.25, 0.3) is 20.7 Å². The van der Waals surface area contributed by atoms with Crippen LogP contribution in [0.4, 0.5) is 11.5 Å². The smallest absolute Gasteiger partial charge is 0.335 e. The molecule has 0 spiro atoms. The first kappa shape index (κ1) is 34.2. The van der Waals surface area contributed by atoms with Crippen LogP contribution in [-0.2, 0) is 26.2 Å². The molecule has 0 bridgehead atoms. The molecule has 2 aliphatic heterocycles. The number of aromatic nitrogens is 2. The Balaban J connectivity index is 1.14. The molecule has 2 N–H and O–H groups in total. The number of carbonyl (C=O) groups is 5. The number of nitrogens with zero attached hydrogens (tertiary/aromatic N) is 4. The predicted octanol–water partition coefficient (Wildman–Crippen LogP) is 7.10. The van der Waals surface area contributed by atoms with E-state index in [0.717, 1.165) is 31.0 Å². The number of allylic oxidation sites excluding steroid dienone is 2. The number of rotatable bonds is 5. The lowest BCUT2D eigenvalue weighted by molar-refractivity contribution is -0.131. The van der Waals surface area contributed by atoms with E-state index in [0.29, 0.717) is 22.1 Å². The number of aromatic hydroxyl groups is 1. The number of phenolic OH excluding ortho intramolecular Hbond substituents is 1. The number of aryl methyl sites for hydroxylation is 2. The van der Waals surface area contributed by atoms with Gasteiger partial charge in [-0.1, -0.05) is 41.4 Å². The van der Waals surface area contributed by atoms with Gasteiger partial charge in [0.1, 0.15) is 17.3 Å². The molecule has 4 heterocycles. The number of carboxylic acid groups (broad SMARTS) is 1. The number of benzene rings is 3. The number of aromatic carboxylic acids is 1. The average Bonchev–Trinajstić information content (AvgIpc) is 3.81.